The summed E-state index contributed by atoms with van der Waals surface area (Å²) in [6.07, 6.45) is 0.980. The van der Waals surface area contributed by atoms with Crippen LogP contribution < -0.4 is 0 Å². The number of hydrogen-bond donors (Lipinski definition) is 0. The fraction of sp³-hybridized carbons (Fsp3) is 0.0476. The number of nitrogens with zero attached hydrogens (tertiary/aromatic N) is 1. The lowest BCUT2D eigenvalue weighted by Crippen LogP contribution is -1.98. The molecular weight excluding hydrogens is 346 g/mol. The molecule has 5 rings (SSSR count). The van der Waals surface area contributed by atoms with Gasteiger partial charge in [0.15, 0.2) is 0 Å². The highest BCUT2D eigenvalue weighted by Crippen LogP contribution is 2.47. The summed E-state index contributed by atoms with van der Waals surface area (Å²) in [6, 6.07) is 25.9. The zero-order valence-corrected chi connectivity index (χ0v) is 14.0. The van der Waals surface area contributed by atoms with E-state index < -0.39 is 0 Å². The van der Waals surface area contributed by atoms with E-state index in [-0.39, 0.29) is 0 Å². The standard InChI is InChI=1S/C21H14BrN/c22-17-11-6-7-14-13-19-21(20(14)17)16-10-4-5-12-18(16)23(19)15-8-2-1-3-9-15/h1-12H,13H2. The van der Waals surface area contributed by atoms with Gasteiger partial charge in [-0.25, -0.2) is 0 Å². The second-order valence-electron chi connectivity index (χ2n) is 5.96. The highest BCUT2D eigenvalue weighted by Gasteiger charge is 2.28. The summed E-state index contributed by atoms with van der Waals surface area (Å²) in [6.45, 7) is 0. The first kappa shape index (κ1) is 13.1. The van der Waals surface area contributed by atoms with Gasteiger partial charge >= 0.3 is 0 Å². The van der Waals surface area contributed by atoms with E-state index in [1.54, 1.807) is 0 Å². The van der Waals surface area contributed by atoms with Crippen molar-refractivity contribution in [1.29, 1.82) is 0 Å². The van der Waals surface area contributed by atoms with E-state index in [1.807, 2.05) is 0 Å². The summed E-state index contributed by atoms with van der Waals surface area (Å²) in [5.41, 5.74) is 8.04. The van der Waals surface area contributed by atoms with Crippen molar-refractivity contribution in [3.05, 3.63) is 88.5 Å². The predicted molar refractivity (Wildman–Crippen MR) is 99.2 cm³/mol. The third-order valence-electron chi connectivity index (χ3n) is 4.69. The average molecular weight is 360 g/mol. The molecule has 0 bridgehead atoms. The molecule has 0 atom stereocenters. The zero-order valence-electron chi connectivity index (χ0n) is 12.5. The molecule has 0 amide bonds. The van der Waals surface area contributed by atoms with E-state index >= 15 is 0 Å². The maximum Gasteiger partial charge on any atom is 0.0538 e. The second-order valence-corrected chi connectivity index (χ2v) is 6.81. The molecule has 0 radical (unpaired) electrons. The molecule has 3 aromatic carbocycles. The molecule has 0 unspecified atom stereocenters. The average Bonchev–Trinajstić information content (AvgIpc) is 3.10. The summed E-state index contributed by atoms with van der Waals surface area (Å²) in [7, 11) is 0. The highest BCUT2D eigenvalue weighted by molar-refractivity contribution is 9.10. The van der Waals surface area contributed by atoms with Crippen LogP contribution in [0, 0.1) is 0 Å². The summed E-state index contributed by atoms with van der Waals surface area (Å²) in [5.74, 6) is 0. The Hall–Kier alpha value is -2.32. The minimum Gasteiger partial charge on any atom is -0.313 e. The van der Waals surface area contributed by atoms with E-state index in [1.165, 1.54) is 43.4 Å². The Bertz CT molecular complexity index is 1040. The Morgan fingerprint density at radius 1 is 0.739 bits per heavy atom. The monoisotopic (exact) mass is 359 g/mol. The predicted octanol–water partition coefficient (Wildman–Crippen LogP) is 5.96. The maximum atomic E-state index is 3.76. The lowest BCUT2D eigenvalue weighted by molar-refractivity contribution is 1.01. The number of benzene rings is 3. The quantitative estimate of drug-likeness (QED) is 0.347. The summed E-state index contributed by atoms with van der Waals surface area (Å²) in [5, 5.41) is 1.33. The van der Waals surface area contributed by atoms with Gasteiger partial charge in [-0.3, -0.25) is 0 Å². The minimum atomic E-state index is 0.980. The number of rotatable bonds is 1. The maximum absolute atomic E-state index is 3.76. The van der Waals surface area contributed by atoms with E-state index in [0.29, 0.717) is 0 Å². The lowest BCUT2D eigenvalue weighted by Gasteiger charge is -2.09. The molecule has 23 heavy (non-hydrogen) atoms. The van der Waals surface area contributed by atoms with Crippen LogP contribution in [0.25, 0.3) is 27.7 Å². The molecule has 1 aromatic heterocycles. The second kappa shape index (κ2) is 4.84. The van der Waals surface area contributed by atoms with Crippen LogP contribution in [-0.2, 0) is 6.42 Å². The van der Waals surface area contributed by atoms with Crippen LogP contribution in [0.5, 0.6) is 0 Å². The van der Waals surface area contributed by atoms with Crippen LogP contribution in [0.2, 0.25) is 0 Å². The molecule has 1 nitrogen and oxygen atoms in total. The van der Waals surface area contributed by atoms with E-state index in [9.17, 15) is 0 Å². The van der Waals surface area contributed by atoms with Gasteiger partial charge in [0.1, 0.15) is 0 Å². The molecule has 0 fully saturated rings. The van der Waals surface area contributed by atoms with Gasteiger partial charge in [0.25, 0.3) is 0 Å². The van der Waals surface area contributed by atoms with Crippen LogP contribution in [0.3, 0.4) is 0 Å². The van der Waals surface area contributed by atoms with Crippen molar-refractivity contribution in [1.82, 2.24) is 4.57 Å². The van der Waals surface area contributed by atoms with Crippen LogP contribution in [-0.4, -0.2) is 4.57 Å². The van der Waals surface area contributed by atoms with Crippen molar-refractivity contribution in [3.63, 3.8) is 0 Å². The van der Waals surface area contributed by atoms with Gasteiger partial charge in [-0.1, -0.05) is 64.5 Å². The molecule has 1 heterocycles. The number of hydrogen-bond acceptors (Lipinski definition) is 0. The summed E-state index contributed by atoms with van der Waals surface area (Å²) >= 11 is 3.76. The van der Waals surface area contributed by atoms with Gasteiger partial charge in [-0.2, -0.15) is 0 Å². The lowest BCUT2D eigenvalue weighted by atomic mass is 10.0. The first-order valence-corrected chi connectivity index (χ1v) is 8.59. The van der Waals surface area contributed by atoms with Gasteiger partial charge in [0.05, 0.1) is 5.52 Å². The molecule has 0 aliphatic heterocycles. The van der Waals surface area contributed by atoms with Crippen LogP contribution in [0.1, 0.15) is 11.3 Å². The zero-order chi connectivity index (χ0) is 15.4. The summed E-state index contributed by atoms with van der Waals surface area (Å²) in [4.78, 5) is 0. The Morgan fingerprint density at radius 3 is 2.39 bits per heavy atom. The molecule has 0 saturated heterocycles. The smallest absolute Gasteiger partial charge is 0.0538 e. The SMILES string of the molecule is Brc1cccc2c1-c1c(n(-c3ccccc3)c3ccccc13)C2. The minimum absolute atomic E-state index is 0.980. The van der Waals surface area contributed by atoms with Crippen molar-refractivity contribution in [2.45, 2.75) is 6.42 Å². The highest BCUT2D eigenvalue weighted by atomic mass is 79.9. The fourth-order valence-corrected chi connectivity index (χ4v) is 4.39. The third-order valence-corrected chi connectivity index (χ3v) is 5.36. The van der Waals surface area contributed by atoms with Gasteiger partial charge in [0.2, 0.25) is 0 Å². The number of halogens is 1. The van der Waals surface area contributed by atoms with Crippen molar-refractivity contribution in [3.8, 4) is 16.8 Å². The van der Waals surface area contributed by atoms with Crippen LogP contribution >= 0.6 is 15.9 Å². The van der Waals surface area contributed by atoms with Crippen LogP contribution in [0.4, 0.5) is 0 Å². The first-order valence-electron chi connectivity index (χ1n) is 7.80. The van der Waals surface area contributed by atoms with Gasteiger partial charge in [0, 0.05) is 38.8 Å². The van der Waals surface area contributed by atoms with Crippen molar-refractivity contribution in [2.75, 3.05) is 0 Å². The number of aromatic nitrogens is 1. The molecule has 0 N–H and O–H groups in total. The molecule has 1 aliphatic rings. The van der Waals surface area contributed by atoms with Gasteiger partial charge in [-0.15, -0.1) is 0 Å². The van der Waals surface area contributed by atoms with Gasteiger partial charge < -0.3 is 4.57 Å². The number of para-hydroxylation sites is 2. The van der Waals surface area contributed by atoms with Crippen molar-refractivity contribution < 1.29 is 0 Å². The van der Waals surface area contributed by atoms with E-state index in [0.717, 1.165) is 6.42 Å². The Balaban J connectivity index is 1.94. The topological polar surface area (TPSA) is 4.93 Å². The molecule has 4 aromatic rings. The Morgan fingerprint density at radius 2 is 1.52 bits per heavy atom. The van der Waals surface area contributed by atoms with E-state index in [2.05, 4.69) is 93.3 Å². The largest absolute Gasteiger partial charge is 0.313 e. The number of fused-ring (bicyclic) bond motifs is 5. The van der Waals surface area contributed by atoms with Crippen molar-refractivity contribution in [2.24, 2.45) is 0 Å². The third kappa shape index (κ3) is 1.79. The first-order chi connectivity index (χ1) is 11.3. The Kier molecular flexibility index (Phi) is 2.77. The van der Waals surface area contributed by atoms with Crippen LogP contribution in [0.15, 0.2) is 77.3 Å². The van der Waals surface area contributed by atoms with Crippen molar-refractivity contribution >= 4 is 26.8 Å². The van der Waals surface area contributed by atoms with E-state index in [4.69, 9.17) is 0 Å². The molecule has 0 saturated carbocycles. The molecular formula is C21H14BrN. The molecule has 2 heteroatoms. The molecule has 0 spiro atoms. The molecule has 110 valence electrons. The summed E-state index contributed by atoms with van der Waals surface area (Å²) < 4.78 is 3.60. The fourth-order valence-electron chi connectivity index (χ4n) is 3.79. The molecule has 1 aliphatic carbocycles. The van der Waals surface area contributed by atoms with Gasteiger partial charge in [-0.05, 0) is 29.8 Å². The Labute approximate surface area is 143 Å². The normalized spacial score (nSPS) is 12.4.